The number of anilines is 3. The van der Waals surface area contributed by atoms with E-state index in [0.29, 0.717) is 0 Å². The van der Waals surface area contributed by atoms with Crippen LogP contribution in [0.25, 0.3) is 0 Å². The molecule has 0 bridgehead atoms. The molecule has 0 saturated heterocycles. The summed E-state index contributed by atoms with van der Waals surface area (Å²) in [5, 5.41) is 0. The van der Waals surface area contributed by atoms with E-state index in [0.717, 1.165) is 35.6 Å². The molecule has 1 aliphatic rings. The molecule has 92 valence electrons. The largest absolute Gasteiger partial charge is 0.399 e. The van der Waals surface area contributed by atoms with Crippen molar-refractivity contribution >= 4 is 17.1 Å². The van der Waals surface area contributed by atoms with Crippen molar-refractivity contribution in [2.24, 2.45) is 0 Å². The van der Waals surface area contributed by atoms with Gasteiger partial charge in [-0.15, -0.1) is 0 Å². The Morgan fingerprint density at radius 3 is 2.78 bits per heavy atom. The molecule has 2 N–H and O–H groups in total. The number of benzene rings is 2. The quantitative estimate of drug-likeness (QED) is 0.776. The van der Waals surface area contributed by atoms with Crippen molar-refractivity contribution in [3.8, 4) is 0 Å². The minimum absolute atomic E-state index is 0.193. The number of hydrogen-bond acceptors (Lipinski definition) is 2. The van der Waals surface area contributed by atoms with Gasteiger partial charge in [0.1, 0.15) is 5.82 Å². The molecule has 3 rings (SSSR count). The minimum atomic E-state index is -0.193. The van der Waals surface area contributed by atoms with E-state index in [-0.39, 0.29) is 5.82 Å². The van der Waals surface area contributed by atoms with Crippen molar-refractivity contribution in [1.82, 2.24) is 0 Å². The van der Waals surface area contributed by atoms with Gasteiger partial charge in [-0.1, -0.05) is 6.07 Å². The van der Waals surface area contributed by atoms with Crippen LogP contribution in [-0.4, -0.2) is 6.54 Å². The summed E-state index contributed by atoms with van der Waals surface area (Å²) in [6.07, 6.45) is 0.948. The number of aryl methyl sites for hydroxylation is 1. The molecular formula is C15H15FN2. The van der Waals surface area contributed by atoms with Gasteiger partial charge in [0.05, 0.1) is 0 Å². The van der Waals surface area contributed by atoms with Crippen LogP contribution in [0.15, 0.2) is 36.4 Å². The predicted octanol–water partition coefficient (Wildman–Crippen LogP) is 3.41. The zero-order valence-corrected chi connectivity index (χ0v) is 10.3. The van der Waals surface area contributed by atoms with E-state index in [1.165, 1.54) is 11.6 Å². The fourth-order valence-electron chi connectivity index (χ4n) is 2.57. The Labute approximate surface area is 106 Å². The number of nitrogens with two attached hydrogens (primary N) is 1. The maximum atomic E-state index is 13.4. The summed E-state index contributed by atoms with van der Waals surface area (Å²) in [4.78, 5) is 2.13. The zero-order valence-electron chi connectivity index (χ0n) is 10.3. The average Bonchev–Trinajstić information content (AvgIpc) is 2.70. The predicted molar refractivity (Wildman–Crippen MR) is 72.7 cm³/mol. The molecule has 0 amide bonds. The van der Waals surface area contributed by atoms with Crippen LogP contribution in [0.4, 0.5) is 21.5 Å². The van der Waals surface area contributed by atoms with Gasteiger partial charge in [-0.05, 0) is 54.8 Å². The number of rotatable bonds is 1. The molecule has 1 heterocycles. The first-order chi connectivity index (χ1) is 8.63. The molecule has 1 aliphatic heterocycles. The lowest BCUT2D eigenvalue weighted by Gasteiger charge is -2.20. The van der Waals surface area contributed by atoms with E-state index in [1.807, 2.05) is 25.1 Å². The Morgan fingerprint density at radius 1 is 1.17 bits per heavy atom. The summed E-state index contributed by atoms with van der Waals surface area (Å²) in [7, 11) is 0. The zero-order chi connectivity index (χ0) is 12.7. The molecule has 0 unspecified atom stereocenters. The first-order valence-corrected chi connectivity index (χ1v) is 6.06. The third-order valence-electron chi connectivity index (χ3n) is 3.34. The second-order valence-electron chi connectivity index (χ2n) is 4.78. The lowest BCUT2D eigenvalue weighted by molar-refractivity contribution is 0.628. The highest BCUT2D eigenvalue weighted by molar-refractivity contribution is 5.72. The molecule has 0 aromatic heterocycles. The molecule has 18 heavy (non-hydrogen) atoms. The highest BCUT2D eigenvalue weighted by Crippen LogP contribution is 2.36. The summed E-state index contributed by atoms with van der Waals surface area (Å²) in [5.41, 5.74) is 10.9. The lowest BCUT2D eigenvalue weighted by Crippen LogP contribution is -2.13. The topological polar surface area (TPSA) is 29.3 Å². The van der Waals surface area contributed by atoms with Crippen LogP contribution in [0.5, 0.6) is 0 Å². The molecule has 0 saturated carbocycles. The molecule has 2 nitrogen and oxygen atoms in total. The number of nitrogens with zero attached hydrogens (tertiary/aromatic N) is 1. The van der Waals surface area contributed by atoms with E-state index in [9.17, 15) is 4.39 Å². The molecule has 3 heteroatoms. The molecule has 0 fully saturated rings. The third-order valence-corrected chi connectivity index (χ3v) is 3.34. The lowest BCUT2D eigenvalue weighted by atomic mass is 10.1. The van der Waals surface area contributed by atoms with E-state index in [2.05, 4.69) is 11.0 Å². The first kappa shape index (κ1) is 11.1. The highest BCUT2D eigenvalue weighted by Gasteiger charge is 2.21. The van der Waals surface area contributed by atoms with Gasteiger partial charge in [-0.25, -0.2) is 4.39 Å². The summed E-state index contributed by atoms with van der Waals surface area (Å²) >= 11 is 0. The van der Waals surface area contributed by atoms with E-state index < -0.39 is 0 Å². The standard InChI is InChI=1S/C15H15FN2/c1-10-6-13(17)9-14(7-10)18-5-4-11-2-3-12(16)8-15(11)18/h2-3,6-9H,4-5,17H2,1H3. The van der Waals surface area contributed by atoms with Crippen molar-refractivity contribution in [2.75, 3.05) is 17.2 Å². The molecule has 2 aromatic carbocycles. The Morgan fingerprint density at radius 2 is 2.00 bits per heavy atom. The molecule has 2 aromatic rings. The second-order valence-corrected chi connectivity index (χ2v) is 4.78. The molecule has 0 radical (unpaired) electrons. The van der Waals surface area contributed by atoms with Gasteiger partial charge in [-0.3, -0.25) is 0 Å². The smallest absolute Gasteiger partial charge is 0.125 e. The maximum Gasteiger partial charge on any atom is 0.125 e. The van der Waals surface area contributed by atoms with Crippen molar-refractivity contribution in [3.05, 3.63) is 53.3 Å². The van der Waals surface area contributed by atoms with Gasteiger partial charge in [0.15, 0.2) is 0 Å². The average molecular weight is 242 g/mol. The van der Waals surface area contributed by atoms with Crippen LogP contribution in [0.3, 0.4) is 0 Å². The Kier molecular flexibility index (Phi) is 2.47. The Hall–Kier alpha value is -2.03. The van der Waals surface area contributed by atoms with E-state index in [1.54, 1.807) is 6.07 Å². The van der Waals surface area contributed by atoms with Gasteiger partial charge in [-0.2, -0.15) is 0 Å². The number of halogens is 1. The summed E-state index contributed by atoms with van der Waals surface area (Å²) in [6.45, 7) is 2.89. The van der Waals surface area contributed by atoms with Crippen LogP contribution >= 0.6 is 0 Å². The number of hydrogen-bond donors (Lipinski definition) is 1. The first-order valence-electron chi connectivity index (χ1n) is 6.06. The third kappa shape index (κ3) is 1.82. The Bertz CT molecular complexity index is 587. The Balaban J connectivity index is 2.08. The van der Waals surface area contributed by atoms with E-state index in [4.69, 9.17) is 5.73 Å². The van der Waals surface area contributed by atoms with Crippen LogP contribution in [0, 0.1) is 12.7 Å². The maximum absolute atomic E-state index is 13.4. The van der Waals surface area contributed by atoms with Crippen molar-refractivity contribution in [1.29, 1.82) is 0 Å². The molecular weight excluding hydrogens is 227 g/mol. The highest BCUT2D eigenvalue weighted by atomic mass is 19.1. The SMILES string of the molecule is Cc1cc(N)cc(N2CCc3ccc(F)cc32)c1. The monoisotopic (exact) mass is 242 g/mol. The fraction of sp³-hybridized carbons (Fsp3) is 0.200. The molecule has 0 aliphatic carbocycles. The van der Waals surface area contributed by atoms with Crippen LogP contribution in [0.2, 0.25) is 0 Å². The van der Waals surface area contributed by atoms with Crippen molar-refractivity contribution in [3.63, 3.8) is 0 Å². The van der Waals surface area contributed by atoms with Crippen molar-refractivity contribution < 1.29 is 4.39 Å². The minimum Gasteiger partial charge on any atom is -0.399 e. The summed E-state index contributed by atoms with van der Waals surface area (Å²) < 4.78 is 13.4. The van der Waals surface area contributed by atoms with E-state index >= 15 is 0 Å². The fourth-order valence-corrected chi connectivity index (χ4v) is 2.57. The molecule has 0 atom stereocenters. The summed E-state index contributed by atoms with van der Waals surface area (Å²) in [5.74, 6) is -0.193. The van der Waals surface area contributed by atoms with Gasteiger partial charge < -0.3 is 10.6 Å². The van der Waals surface area contributed by atoms with Gasteiger partial charge in [0.2, 0.25) is 0 Å². The molecule has 0 spiro atoms. The van der Waals surface area contributed by atoms with Crippen molar-refractivity contribution in [2.45, 2.75) is 13.3 Å². The van der Waals surface area contributed by atoms with Crippen LogP contribution in [-0.2, 0) is 6.42 Å². The second kappa shape index (κ2) is 4.02. The van der Waals surface area contributed by atoms with Crippen LogP contribution < -0.4 is 10.6 Å². The van der Waals surface area contributed by atoms with Gasteiger partial charge in [0, 0.05) is 23.6 Å². The summed E-state index contributed by atoms with van der Waals surface area (Å²) in [6, 6.07) is 10.9. The van der Waals surface area contributed by atoms with Gasteiger partial charge in [0.25, 0.3) is 0 Å². The number of fused-ring (bicyclic) bond motifs is 1. The normalized spacial score (nSPS) is 13.8. The van der Waals surface area contributed by atoms with Crippen LogP contribution in [0.1, 0.15) is 11.1 Å². The number of nitrogen functional groups attached to an aromatic ring is 1. The van der Waals surface area contributed by atoms with Gasteiger partial charge >= 0.3 is 0 Å².